The third-order valence-corrected chi connectivity index (χ3v) is 4.50. The van der Waals surface area contributed by atoms with E-state index in [1.54, 1.807) is 11.0 Å². The summed E-state index contributed by atoms with van der Waals surface area (Å²) in [7, 11) is 1.53. The molecule has 7 nitrogen and oxygen atoms in total. The fourth-order valence-corrected chi connectivity index (χ4v) is 2.85. The molecule has 0 saturated carbocycles. The van der Waals surface area contributed by atoms with E-state index in [-0.39, 0.29) is 18.9 Å². The zero-order valence-electron chi connectivity index (χ0n) is 14.9. The predicted octanol–water partition coefficient (Wildman–Crippen LogP) is 1.38. The SMILES string of the molecule is COCCNC(=O)[C@@H](C)OC(=O)[C@H]1CC(=O)N(Cc2ccccc2Cl)C1. The first kappa shape index (κ1) is 20.2. The van der Waals surface area contributed by atoms with Gasteiger partial charge in [0.25, 0.3) is 5.91 Å². The summed E-state index contributed by atoms with van der Waals surface area (Å²) in [5.41, 5.74) is 0.822. The van der Waals surface area contributed by atoms with E-state index in [0.29, 0.717) is 24.7 Å². The molecule has 142 valence electrons. The Morgan fingerprint density at radius 2 is 2.12 bits per heavy atom. The second-order valence-corrected chi connectivity index (χ2v) is 6.54. The molecule has 1 N–H and O–H groups in total. The molecule has 1 aliphatic heterocycles. The van der Waals surface area contributed by atoms with Crippen LogP contribution in [0.5, 0.6) is 0 Å². The summed E-state index contributed by atoms with van der Waals surface area (Å²) in [6.45, 7) is 2.81. The Balaban J connectivity index is 1.86. The van der Waals surface area contributed by atoms with Crippen LogP contribution in [-0.4, -0.2) is 55.6 Å². The first-order valence-electron chi connectivity index (χ1n) is 8.40. The molecule has 1 aromatic carbocycles. The van der Waals surface area contributed by atoms with Crippen LogP contribution in [0.1, 0.15) is 18.9 Å². The molecule has 0 aromatic heterocycles. The minimum atomic E-state index is -0.924. The first-order chi connectivity index (χ1) is 12.4. The third-order valence-electron chi connectivity index (χ3n) is 4.13. The van der Waals surface area contributed by atoms with E-state index in [1.165, 1.54) is 14.0 Å². The van der Waals surface area contributed by atoms with Gasteiger partial charge in [0.15, 0.2) is 6.10 Å². The Morgan fingerprint density at radius 3 is 2.81 bits per heavy atom. The van der Waals surface area contributed by atoms with Crippen LogP contribution in [0.3, 0.4) is 0 Å². The summed E-state index contributed by atoms with van der Waals surface area (Å²) in [6.07, 6.45) is -0.853. The summed E-state index contributed by atoms with van der Waals surface area (Å²) in [6, 6.07) is 7.26. The van der Waals surface area contributed by atoms with Gasteiger partial charge in [0.2, 0.25) is 5.91 Å². The van der Waals surface area contributed by atoms with Crippen molar-refractivity contribution in [2.75, 3.05) is 26.8 Å². The lowest BCUT2D eigenvalue weighted by Gasteiger charge is -2.18. The lowest BCUT2D eigenvalue weighted by Crippen LogP contribution is -2.38. The number of amides is 2. The second kappa shape index (κ2) is 9.54. The molecule has 8 heteroatoms. The van der Waals surface area contributed by atoms with Crippen molar-refractivity contribution in [1.82, 2.24) is 10.2 Å². The van der Waals surface area contributed by atoms with E-state index < -0.39 is 23.9 Å². The van der Waals surface area contributed by atoms with E-state index in [1.807, 2.05) is 18.2 Å². The van der Waals surface area contributed by atoms with E-state index in [2.05, 4.69) is 5.32 Å². The number of carbonyl (C=O) groups excluding carboxylic acids is 3. The average molecular weight is 383 g/mol. The molecule has 0 unspecified atom stereocenters. The summed E-state index contributed by atoms with van der Waals surface area (Å²) in [4.78, 5) is 37.9. The summed E-state index contributed by atoms with van der Waals surface area (Å²) >= 11 is 6.12. The van der Waals surface area contributed by atoms with Crippen LogP contribution in [-0.2, 0) is 30.4 Å². The highest BCUT2D eigenvalue weighted by Crippen LogP contribution is 2.24. The van der Waals surface area contributed by atoms with Gasteiger partial charge in [-0.1, -0.05) is 29.8 Å². The van der Waals surface area contributed by atoms with Crippen molar-refractivity contribution in [2.45, 2.75) is 26.0 Å². The Labute approximate surface area is 157 Å². The number of hydrogen-bond acceptors (Lipinski definition) is 5. The molecule has 2 atom stereocenters. The normalized spacial score (nSPS) is 17.9. The molecular formula is C18H23ClN2O5. The van der Waals surface area contributed by atoms with Crippen molar-refractivity contribution < 1.29 is 23.9 Å². The largest absolute Gasteiger partial charge is 0.452 e. The van der Waals surface area contributed by atoms with Gasteiger partial charge in [-0.3, -0.25) is 14.4 Å². The maximum Gasteiger partial charge on any atom is 0.312 e. The minimum Gasteiger partial charge on any atom is -0.452 e. The standard InChI is InChI=1S/C18H23ClN2O5/c1-12(17(23)20-7-8-25-2)26-18(24)14-9-16(22)21(11-14)10-13-5-3-4-6-15(13)19/h3-6,12,14H,7-11H2,1-2H3,(H,20,23)/t12-,14+/m1/s1. The molecule has 0 radical (unpaired) electrons. The Morgan fingerprint density at radius 1 is 1.38 bits per heavy atom. The molecule has 0 aliphatic carbocycles. The number of nitrogens with one attached hydrogen (secondary N) is 1. The van der Waals surface area contributed by atoms with Crippen LogP contribution in [0.2, 0.25) is 5.02 Å². The van der Waals surface area contributed by atoms with E-state index in [4.69, 9.17) is 21.1 Å². The molecular weight excluding hydrogens is 360 g/mol. The predicted molar refractivity (Wildman–Crippen MR) is 95.4 cm³/mol. The van der Waals surface area contributed by atoms with Gasteiger partial charge in [0, 0.05) is 38.2 Å². The van der Waals surface area contributed by atoms with Gasteiger partial charge in [-0.2, -0.15) is 0 Å². The maximum atomic E-state index is 12.3. The molecule has 2 amide bonds. The minimum absolute atomic E-state index is 0.0707. The monoisotopic (exact) mass is 382 g/mol. The van der Waals surface area contributed by atoms with Crippen LogP contribution >= 0.6 is 11.6 Å². The number of carbonyl (C=O) groups is 3. The van der Waals surface area contributed by atoms with Gasteiger partial charge in [-0.05, 0) is 18.6 Å². The Hall–Kier alpha value is -2.12. The van der Waals surface area contributed by atoms with Crippen LogP contribution < -0.4 is 5.32 Å². The van der Waals surface area contributed by atoms with Crippen LogP contribution in [0.4, 0.5) is 0 Å². The smallest absolute Gasteiger partial charge is 0.312 e. The lowest BCUT2D eigenvalue weighted by molar-refractivity contribution is -0.158. The van der Waals surface area contributed by atoms with Gasteiger partial charge >= 0.3 is 5.97 Å². The molecule has 1 fully saturated rings. The number of benzene rings is 1. The van der Waals surface area contributed by atoms with Crippen molar-refractivity contribution in [3.8, 4) is 0 Å². The fourth-order valence-electron chi connectivity index (χ4n) is 2.66. The summed E-state index contributed by atoms with van der Waals surface area (Å²) < 4.78 is 10.0. The van der Waals surface area contributed by atoms with Crippen molar-refractivity contribution >= 4 is 29.4 Å². The van der Waals surface area contributed by atoms with Crippen LogP contribution in [0.25, 0.3) is 0 Å². The zero-order chi connectivity index (χ0) is 19.1. The molecule has 1 aliphatic rings. The number of rotatable bonds is 8. The topological polar surface area (TPSA) is 84.9 Å². The Kier molecular flexibility index (Phi) is 7.41. The number of esters is 1. The van der Waals surface area contributed by atoms with Gasteiger partial charge in [0.05, 0.1) is 12.5 Å². The molecule has 1 aromatic rings. The Bertz CT molecular complexity index is 667. The third kappa shape index (κ3) is 5.44. The highest BCUT2D eigenvalue weighted by atomic mass is 35.5. The molecule has 2 rings (SSSR count). The van der Waals surface area contributed by atoms with Gasteiger partial charge in [-0.25, -0.2) is 0 Å². The number of halogens is 1. The average Bonchev–Trinajstić information content (AvgIpc) is 2.98. The van der Waals surface area contributed by atoms with Crippen LogP contribution in [0, 0.1) is 5.92 Å². The summed E-state index contributed by atoms with van der Waals surface area (Å²) in [5.74, 6) is -1.66. The van der Waals surface area contributed by atoms with E-state index >= 15 is 0 Å². The lowest BCUT2D eigenvalue weighted by atomic mass is 10.1. The molecule has 1 heterocycles. The van der Waals surface area contributed by atoms with Gasteiger partial charge in [-0.15, -0.1) is 0 Å². The second-order valence-electron chi connectivity index (χ2n) is 6.13. The molecule has 26 heavy (non-hydrogen) atoms. The number of ether oxygens (including phenoxy) is 2. The van der Waals surface area contributed by atoms with E-state index in [9.17, 15) is 14.4 Å². The number of hydrogen-bond donors (Lipinski definition) is 1. The van der Waals surface area contributed by atoms with Gasteiger partial charge in [0.1, 0.15) is 0 Å². The number of nitrogens with zero attached hydrogens (tertiary/aromatic N) is 1. The van der Waals surface area contributed by atoms with Crippen molar-refractivity contribution in [2.24, 2.45) is 5.92 Å². The highest BCUT2D eigenvalue weighted by molar-refractivity contribution is 6.31. The fraction of sp³-hybridized carbons (Fsp3) is 0.500. The maximum absolute atomic E-state index is 12.3. The first-order valence-corrected chi connectivity index (χ1v) is 8.78. The molecule has 1 saturated heterocycles. The zero-order valence-corrected chi connectivity index (χ0v) is 15.6. The van der Waals surface area contributed by atoms with E-state index in [0.717, 1.165) is 5.56 Å². The van der Waals surface area contributed by atoms with Crippen molar-refractivity contribution in [3.63, 3.8) is 0 Å². The number of methoxy groups -OCH3 is 1. The van der Waals surface area contributed by atoms with Crippen molar-refractivity contribution in [3.05, 3.63) is 34.9 Å². The molecule has 0 spiro atoms. The van der Waals surface area contributed by atoms with Crippen LogP contribution in [0.15, 0.2) is 24.3 Å². The molecule has 0 bridgehead atoms. The number of likely N-dealkylation sites (tertiary alicyclic amines) is 1. The van der Waals surface area contributed by atoms with Crippen molar-refractivity contribution in [1.29, 1.82) is 0 Å². The summed E-state index contributed by atoms with van der Waals surface area (Å²) in [5, 5.41) is 3.18. The quantitative estimate of drug-likeness (QED) is 0.542. The van der Waals surface area contributed by atoms with Gasteiger partial charge < -0.3 is 19.7 Å². The highest BCUT2D eigenvalue weighted by Gasteiger charge is 2.36.